The molecule has 0 spiro atoms. The van der Waals surface area contributed by atoms with Gasteiger partial charge in [-0.2, -0.15) is 0 Å². The molecule has 1 heterocycles. The SMILES string of the molecule is CC(C)C(O)CNCc1cc(Br)cs1. The second-order valence-electron chi connectivity index (χ2n) is 3.67. The molecule has 0 amide bonds. The lowest BCUT2D eigenvalue weighted by molar-refractivity contribution is 0.123. The zero-order chi connectivity index (χ0) is 10.6. The summed E-state index contributed by atoms with van der Waals surface area (Å²) in [6, 6.07) is 2.10. The summed E-state index contributed by atoms with van der Waals surface area (Å²) in [6.45, 7) is 5.54. The van der Waals surface area contributed by atoms with Gasteiger partial charge in [-0.15, -0.1) is 11.3 Å². The van der Waals surface area contributed by atoms with E-state index < -0.39 is 0 Å². The third-order valence-electron chi connectivity index (χ3n) is 2.04. The number of halogens is 1. The van der Waals surface area contributed by atoms with Crippen LogP contribution in [0.15, 0.2) is 15.9 Å². The summed E-state index contributed by atoms with van der Waals surface area (Å²) in [5.41, 5.74) is 0. The van der Waals surface area contributed by atoms with Gasteiger partial charge in [0.2, 0.25) is 0 Å². The average Bonchev–Trinajstić information content (AvgIpc) is 2.51. The van der Waals surface area contributed by atoms with Crippen molar-refractivity contribution < 1.29 is 5.11 Å². The van der Waals surface area contributed by atoms with Gasteiger partial charge < -0.3 is 10.4 Å². The third kappa shape index (κ3) is 4.09. The molecule has 0 aromatic carbocycles. The van der Waals surface area contributed by atoms with Crippen LogP contribution in [-0.2, 0) is 6.54 Å². The highest BCUT2D eigenvalue weighted by Crippen LogP contribution is 2.19. The maximum absolute atomic E-state index is 9.54. The number of aliphatic hydroxyl groups excluding tert-OH is 1. The maximum Gasteiger partial charge on any atom is 0.0687 e. The second-order valence-corrected chi connectivity index (χ2v) is 5.58. The highest BCUT2D eigenvalue weighted by molar-refractivity contribution is 9.10. The maximum atomic E-state index is 9.54. The van der Waals surface area contributed by atoms with Crippen LogP contribution >= 0.6 is 27.3 Å². The molecule has 1 atom stereocenters. The lowest BCUT2D eigenvalue weighted by Gasteiger charge is -2.14. The van der Waals surface area contributed by atoms with E-state index in [1.54, 1.807) is 11.3 Å². The van der Waals surface area contributed by atoms with Crippen LogP contribution in [0.25, 0.3) is 0 Å². The van der Waals surface area contributed by atoms with E-state index in [-0.39, 0.29) is 6.10 Å². The molecule has 80 valence electrons. The van der Waals surface area contributed by atoms with Crippen LogP contribution in [0.1, 0.15) is 18.7 Å². The molecule has 2 N–H and O–H groups in total. The molecule has 0 saturated carbocycles. The van der Waals surface area contributed by atoms with E-state index in [0.717, 1.165) is 11.0 Å². The number of nitrogens with one attached hydrogen (secondary N) is 1. The van der Waals surface area contributed by atoms with E-state index in [4.69, 9.17) is 0 Å². The molecule has 1 aromatic heterocycles. The van der Waals surface area contributed by atoms with Gasteiger partial charge in [-0.1, -0.05) is 13.8 Å². The normalized spacial score (nSPS) is 13.5. The van der Waals surface area contributed by atoms with Gasteiger partial charge in [0.15, 0.2) is 0 Å². The minimum Gasteiger partial charge on any atom is -0.392 e. The molecular weight excluding hydrogens is 262 g/mol. The quantitative estimate of drug-likeness (QED) is 0.867. The Morgan fingerprint density at radius 3 is 2.79 bits per heavy atom. The average molecular weight is 278 g/mol. The van der Waals surface area contributed by atoms with Gasteiger partial charge in [-0.25, -0.2) is 0 Å². The molecule has 0 saturated heterocycles. The predicted molar refractivity (Wildman–Crippen MR) is 64.6 cm³/mol. The van der Waals surface area contributed by atoms with Gasteiger partial charge in [0.05, 0.1) is 6.10 Å². The van der Waals surface area contributed by atoms with Crippen molar-refractivity contribution in [1.29, 1.82) is 0 Å². The third-order valence-corrected chi connectivity index (χ3v) is 3.74. The van der Waals surface area contributed by atoms with Crippen molar-refractivity contribution in [3.8, 4) is 0 Å². The van der Waals surface area contributed by atoms with Crippen molar-refractivity contribution >= 4 is 27.3 Å². The Morgan fingerprint density at radius 2 is 2.29 bits per heavy atom. The molecule has 0 aliphatic carbocycles. The summed E-state index contributed by atoms with van der Waals surface area (Å²) in [5.74, 6) is 0.317. The minimum absolute atomic E-state index is 0.251. The van der Waals surface area contributed by atoms with E-state index in [1.807, 2.05) is 13.8 Å². The first-order chi connectivity index (χ1) is 6.59. The second kappa shape index (κ2) is 5.85. The van der Waals surface area contributed by atoms with Crippen molar-refractivity contribution in [2.75, 3.05) is 6.54 Å². The fraction of sp³-hybridized carbons (Fsp3) is 0.600. The van der Waals surface area contributed by atoms with Crippen molar-refractivity contribution in [3.63, 3.8) is 0 Å². The van der Waals surface area contributed by atoms with E-state index in [2.05, 4.69) is 32.7 Å². The van der Waals surface area contributed by atoms with Gasteiger partial charge in [0, 0.05) is 27.8 Å². The van der Waals surface area contributed by atoms with Gasteiger partial charge in [0.25, 0.3) is 0 Å². The summed E-state index contributed by atoms with van der Waals surface area (Å²) < 4.78 is 1.13. The molecule has 0 bridgehead atoms. The van der Waals surface area contributed by atoms with Gasteiger partial charge in [-0.05, 0) is 27.9 Å². The highest BCUT2D eigenvalue weighted by Gasteiger charge is 2.08. The Labute approximate surface area is 97.5 Å². The standard InChI is InChI=1S/C10H16BrNOS/c1-7(2)10(13)5-12-4-9-3-8(11)6-14-9/h3,6-7,10,12-13H,4-5H2,1-2H3. The number of hydrogen-bond donors (Lipinski definition) is 2. The summed E-state index contributed by atoms with van der Waals surface area (Å²) in [7, 11) is 0. The Hall–Kier alpha value is 0.1000. The lowest BCUT2D eigenvalue weighted by Crippen LogP contribution is -2.29. The molecule has 1 rings (SSSR count). The summed E-state index contributed by atoms with van der Waals surface area (Å²) >= 11 is 5.13. The van der Waals surface area contributed by atoms with Gasteiger partial charge in [-0.3, -0.25) is 0 Å². The molecule has 2 nitrogen and oxygen atoms in total. The van der Waals surface area contributed by atoms with E-state index in [1.165, 1.54) is 4.88 Å². The first-order valence-electron chi connectivity index (χ1n) is 4.71. The smallest absolute Gasteiger partial charge is 0.0687 e. The lowest BCUT2D eigenvalue weighted by atomic mass is 10.1. The zero-order valence-electron chi connectivity index (χ0n) is 8.46. The monoisotopic (exact) mass is 277 g/mol. The molecule has 0 fully saturated rings. The van der Waals surface area contributed by atoms with E-state index >= 15 is 0 Å². The van der Waals surface area contributed by atoms with Gasteiger partial charge in [0.1, 0.15) is 0 Å². The van der Waals surface area contributed by atoms with Crippen molar-refractivity contribution in [2.24, 2.45) is 5.92 Å². The van der Waals surface area contributed by atoms with Crippen LogP contribution in [0.5, 0.6) is 0 Å². The van der Waals surface area contributed by atoms with Crippen molar-refractivity contribution in [1.82, 2.24) is 5.32 Å². The number of thiophene rings is 1. The van der Waals surface area contributed by atoms with Crippen molar-refractivity contribution in [2.45, 2.75) is 26.5 Å². The largest absolute Gasteiger partial charge is 0.392 e. The zero-order valence-corrected chi connectivity index (χ0v) is 10.9. The number of aliphatic hydroxyl groups is 1. The summed E-state index contributed by atoms with van der Waals surface area (Å²) in [5, 5.41) is 14.8. The molecule has 0 aliphatic heterocycles. The van der Waals surface area contributed by atoms with E-state index in [0.29, 0.717) is 12.5 Å². The molecule has 0 aliphatic rings. The molecule has 0 radical (unpaired) electrons. The van der Waals surface area contributed by atoms with Crippen LogP contribution in [0.4, 0.5) is 0 Å². The first-order valence-corrected chi connectivity index (χ1v) is 6.38. The Bertz CT molecular complexity index is 275. The highest BCUT2D eigenvalue weighted by atomic mass is 79.9. The first kappa shape index (κ1) is 12.2. The molecule has 14 heavy (non-hydrogen) atoms. The predicted octanol–water partition coefficient (Wildman–Crippen LogP) is 2.62. The Kier molecular flexibility index (Phi) is 5.09. The molecular formula is C10H16BrNOS. The van der Waals surface area contributed by atoms with E-state index in [9.17, 15) is 5.11 Å². The number of hydrogen-bond acceptors (Lipinski definition) is 3. The molecule has 4 heteroatoms. The Balaban J connectivity index is 2.22. The number of rotatable bonds is 5. The van der Waals surface area contributed by atoms with Crippen LogP contribution in [0, 0.1) is 5.92 Å². The fourth-order valence-corrected chi connectivity index (χ4v) is 2.45. The van der Waals surface area contributed by atoms with Crippen LogP contribution in [-0.4, -0.2) is 17.8 Å². The molecule has 1 unspecified atom stereocenters. The fourth-order valence-electron chi connectivity index (χ4n) is 1.03. The van der Waals surface area contributed by atoms with Gasteiger partial charge >= 0.3 is 0 Å². The van der Waals surface area contributed by atoms with Crippen LogP contribution in [0.2, 0.25) is 0 Å². The topological polar surface area (TPSA) is 32.3 Å². The summed E-state index contributed by atoms with van der Waals surface area (Å²) in [6.07, 6.45) is -0.251. The minimum atomic E-state index is -0.251. The van der Waals surface area contributed by atoms with Crippen molar-refractivity contribution in [3.05, 3.63) is 20.8 Å². The molecule has 1 aromatic rings. The summed E-state index contributed by atoms with van der Waals surface area (Å²) in [4.78, 5) is 1.29. The Morgan fingerprint density at radius 1 is 1.57 bits per heavy atom. The van der Waals surface area contributed by atoms with Crippen LogP contribution in [0.3, 0.4) is 0 Å². The van der Waals surface area contributed by atoms with Crippen LogP contribution < -0.4 is 5.32 Å².